The van der Waals surface area contributed by atoms with Gasteiger partial charge in [0.25, 0.3) is 0 Å². The van der Waals surface area contributed by atoms with Gasteiger partial charge >= 0.3 is 0 Å². The molecule has 0 aromatic heterocycles. The van der Waals surface area contributed by atoms with Gasteiger partial charge in [-0.25, -0.2) is 5.84 Å². The van der Waals surface area contributed by atoms with Crippen LogP contribution in [0.1, 0.15) is 36.3 Å². The molecule has 17 heavy (non-hydrogen) atoms. The molecule has 0 aliphatic heterocycles. The first-order valence-corrected chi connectivity index (χ1v) is 5.91. The lowest BCUT2D eigenvalue weighted by Gasteiger charge is -2.25. The molecule has 0 radical (unpaired) electrons. The summed E-state index contributed by atoms with van der Waals surface area (Å²) >= 11 is 0. The third-order valence-electron chi connectivity index (χ3n) is 3.38. The first kappa shape index (κ1) is 11.9. The minimum Gasteiger partial charge on any atom is -0.497 e. The molecule has 1 atom stereocenters. The average molecular weight is 234 g/mol. The molecule has 1 aliphatic carbocycles. The lowest BCUT2D eigenvalue weighted by Crippen LogP contribution is -2.31. The van der Waals surface area contributed by atoms with Gasteiger partial charge in [0, 0.05) is 6.42 Å². The van der Waals surface area contributed by atoms with Crippen molar-refractivity contribution in [2.45, 2.75) is 31.6 Å². The van der Waals surface area contributed by atoms with Crippen LogP contribution in [-0.4, -0.2) is 13.0 Å². The second-order valence-corrected chi connectivity index (χ2v) is 4.43. The SMILES string of the molecule is COc1ccc2c(c1)[C@@H](CC(=O)NN)CCC2. The molecular weight excluding hydrogens is 216 g/mol. The van der Waals surface area contributed by atoms with Gasteiger partial charge in [0.2, 0.25) is 5.91 Å². The molecule has 1 aliphatic rings. The molecule has 1 aromatic rings. The zero-order valence-electron chi connectivity index (χ0n) is 10.0. The number of nitrogens with one attached hydrogen (secondary N) is 1. The van der Waals surface area contributed by atoms with Crippen molar-refractivity contribution in [1.29, 1.82) is 0 Å². The normalized spacial score (nSPS) is 18.4. The molecule has 0 unspecified atom stereocenters. The fourth-order valence-electron chi connectivity index (χ4n) is 2.50. The van der Waals surface area contributed by atoms with Gasteiger partial charge in [-0.1, -0.05) is 6.07 Å². The van der Waals surface area contributed by atoms with E-state index in [0.29, 0.717) is 6.42 Å². The Morgan fingerprint density at radius 1 is 1.59 bits per heavy atom. The van der Waals surface area contributed by atoms with Crippen LogP contribution in [-0.2, 0) is 11.2 Å². The summed E-state index contributed by atoms with van der Waals surface area (Å²) in [6.45, 7) is 0. The van der Waals surface area contributed by atoms with Crippen molar-refractivity contribution in [3.05, 3.63) is 29.3 Å². The van der Waals surface area contributed by atoms with Gasteiger partial charge in [0.15, 0.2) is 0 Å². The fraction of sp³-hybridized carbons (Fsp3) is 0.462. The van der Waals surface area contributed by atoms with Gasteiger partial charge in [-0.2, -0.15) is 0 Å². The lowest BCUT2D eigenvalue weighted by atomic mass is 9.81. The van der Waals surface area contributed by atoms with Crippen molar-refractivity contribution in [2.75, 3.05) is 7.11 Å². The van der Waals surface area contributed by atoms with Gasteiger partial charge in [-0.15, -0.1) is 0 Å². The third-order valence-corrected chi connectivity index (χ3v) is 3.38. The predicted octanol–water partition coefficient (Wildman–Crippen LogP) is 1.50. The number of aryl methyl sites for hydroxylation is 1. The number of benzene rings is 1. The maximum absolute atomic E-state index is 11.4. The smallest absolute Gasteiger partial charge is 0.234 e. The summed E-state index contributed by atoms with van der Waals surface area (Å²) in [5.41, 5.74) is 4.76. The van der Waals surface area contributed by atoms with E-state index in [-0.39, 0.29) is 11.8 Å². The van der Waals surface area contributed by atoms with Crippen LogP contribution in [0.15, 0.2) is 18.2 Å². The minimum absolute atomic E-state index is 0.106. The van der Waals surface area contributed by atoms with E-state index in [0.717, 1.165) is 25.0 Å². The van der Waals surface area contributed by atoms with Crippen LogP contribution in [0.5, 0.6) is 5.75 Å². The van der Waals surface area contributed by atoms with Crippen molar-refractivity contribution in [2.24, 2.45) is 5.84 Å². The summed E-state index contributed by atoms with van der Waals surface area (Å²) < 4.78 is 5.23. The van der Waals surface area contributed by atoms with Gasteiger partial charge in [-0.05, 0) is 48.4 Å². The van der Waals surface area contributed by atoms with Crippen molar-refractivity contribution < 1.29 is 9.53 Å². The molecule has 0 bridgehead atoms. The second kappa shape index (κ2) is 5.19. The number of hydrogen-bond acceptors (Lipinski definition) is 3. The number of nitrogens with two attached hydrogens (primary N) is 1. The largest absolute Gasteiger partial charge is 0.497 e. The zero-order valence-corrected chi connectivity index (χ0v) is 10.0. The first-order valence-electron chi connectivity index (χ1n) is 5.91. The maximum atomic E-state index is 11.4. The summed E-state index contributed by atoms with van der Waals surface area (Å²) in [5, 5.41) is 0. The number of amides is 1. The van der Waals surface area contributed by atoms with Crippen molar-refractivity contribution in [3.8, 4) is 5.75 Å². The lowest BCUT2D eigenvalue weighted by molar-refractivity contribution is -0.121. The number of rotatable bonds is 3. The zero-order chi connectivity index (χ0) is 12.3. The quantitative estimate of drug-likeness (QED) is 0.473. The fourth-order valence-corrected chi connectivity index (χ4v) is 2.50. The van der Waals surface area contributed by atoms with E-state index in [1.807, 2.05) is 12.1 Å². The van der Waals surface area contributed by atoms with Gasteiger partial charge in [0.05, 0.1) is 7.11 Å². The maximum Gasteiger partial charge on any atom is 0.234 e. The molecule has 0 saturated heterocycles. The second-order valence-electron chi connectivity index (χ2n) is 4.43. The van der Waals surface area contributed by atoms with E-state index in [2.05, 4.69) is 11.5 Å². The highest BCUT2D eigenvalue weighted by Gasteiger charge is 2.22. The van der Waals surface area contributed by atoms with Gasteiger partial charge < -0.3 is 4.74 Å². The first-order chi connectivity index (χ1) is 8.24. The Morgan fingerprint density at radius 2 is 2.41 bits per heavy atom. The average Bonchev–Trinajstić information content (AvgIpc) is 2.38. The van der Waals surface area contributed by atoms with Crippen LogP contribution >= 0.6 is 0 Å². The number of fused-ring (bicyclic) bond motifs is 1. The van der Waals surface area contributed by atoms with Gasteiger partial charge in [0.1, 0.15) is 5.75 Å². The molecule has 0 saturated carbocycles. The topological polar surface area (TPSA) is 64.3 Å². The molecule has 2 rings (SSSR count). The van der Waals surface area contributed by atoms with Crippen LogP contribution < -0.4 is 16.0 Å². The standard InChI is InChI=1S/C13H18N2O2/c1-17-11-6-5-9-3-2-4-10(12(9)8-11)7-13(16)15-14/h5-6,8,10H,2-4,7,14H2,1H3,(H,15,16)/t10-/m1/s1. The Hall–Kier alpha value is -1.55. The predicted molar refractivity (Wildman–Crippen MR) is 65.6 cm³/mol. The number of carbonyl (C=O) groups excluding carboxylic acids is 1. The Morgan fingerprint density at radius 3 is 3.12 bits per heavy atom. The van der Waals surface area contributed by atoms with E-state index < -0.39 is 0 Å². The van der Waals surface area contributed by atoms with E-state index in [9.17, 15) is 4.79 Å². The number of hydrogen-bond donors (Lipinski definition) is 2. The molecule has 4 nitrogen and oxygen atoms in total. The molecule has 92 valence electrons. The molecule has 0 spiro atoms. The number of ether oxygens (including phenoxy) is 1. The summed E-state index contributed by atoms with van der Waals surface area (Å²) in [6, 6.07) is 6.12. The van der Waals surface area contributed by atoms with Gasteiger partial charge in [-0.3, -0.25) is 10.2 Å². The highest BCUT2D eigenvalue weighted by atomic mass is 16.5. The van der Waals surface area contributed by atoms with Crippen LogP contribution in [0.2, 0.25) is 0 Å². The van der Waals surface area contributed by atoms with E-state index in [1.165, 1.54) is 11.1 Å². The van der Waals surface area contributed by atoms with Crippen molar-refractivity contribution in [1.82, 2.24) is 5.43 Å². The number of methoxy groups -OCH3 is 1. The summed E-state index contributed by atoms with van der Waals surface area (Å²) in [6.07, 6.45) is 3.70. The summed E-state index contributed by atoms with van der Waals surface area (Å²) in [4.78, 5) is 11.4. The molecule has 0 fully saturated rings. The molecule has 1 amide bonds. The summed E-state index contributed by atoms with van der Waals surface area (Å²) in [7, 11) is 1.66. The summed E-state index contributed by atoms with van der Waals surface area (Å²) in [5.74, 6) is 6.15. The molecule has 4 heteroatoms. The van der Waals surface area contributed by atoms with Crippen LogP contribution in [0, 0.1) is 0 Å². The number of carbonyl (C=O) groups is 1. The Bertz CT molecular complexity index is 418. The van der Waals surface area contributed by atoms with E-state index >= 15 is 0 Å². The Labute approximate surface area is 101 Å². The van der Waals surface area contributed by atoms with Crippen LogP contribution in [0.4, 0.5) is 0 Å². The highest BCUT2D eigenvalue weighted by Crippen LogP contribution is 2.35. The molecule has 3 N–H and O–H groups in total. The molecule has 1 aromatic carbocycles. The van der Waals surface area contributed by atoms with Crippen molar-refractivity contribution in [3.63, 3.8) is 0 Å². The highest BCUT2D eigenvalue weighted by molar-refractivity contribution is 5.76. The third kappa shape index (κ3) is 2.58. The van der Waals surface area contributed by atoms with Crippen LogP contribution in [0.3, 0.4) is 0 Å². The van der Waals surface area contributed by atoms with Crippen LogP contribution in [0.25, 0.3) is 0 Å². The van der Waals surface area contributed by atoms with E-state index in [4.69, 9.17) is 10.6 Å². The molecular formula is C13H18N2O2. The monoisotopic (exact) mass is 234 g/mol. The van der Waals surface area contributed by atoms with Crippen molar-refractivity contribution >= 4 is 5.91 Å². The van der Waals surface area contributed by atoms with E-state index in [1.54, 1.807) is 7.11 Å². The Kier molecular flexibility index (Phi) is 3.64. The minimum atomic E-state index is -0.106. The number of hydrazine groups is 1. The Balaban J connectivity index is 2.25. The molecule has 0 heterocycles.